The molecule has 0 radical (unpaired) electrons. The first-order chi connectivity index (χ1) is 14.3. The molecule has 2 aliphatic heterocycles. The molecule has 0 atom stereocenters. The van der Waals surface area contributed by atoms with Crippen molar-refractivity contribution in [2.45, 2.75) is 0 Å². The molecule has 1 N–H and O–H groups in total. The van der Waals surface area contributed by atoms with E-state index in [9.17, 15) is 4.79 Å². The highest BCUT2D eigenvalue weighted by Gasteiger charge is 2.23. The molecule has 0 saturated carbocycles. The first kappa shape index (κ1) is 17.3. The minimum absolute atomic E-state index is 0.134. The first-order valence-corrected chi connectivity index (χ1v) is 9.27. The van der Waals surface area contributed by atoms with E-state index in [0.29, 0.717) is 43.4 Å². The van der Waals surface area contributed by atoms with Crippen molar-refractivity contribution in [2.24, 2.45) is 0 Å². The molecule has 5 rings (SSSR count). The highest BCUT2D eigenvalue weighted by molar-refractivity contribution is 5.90. The number of amides is 2. The Morgan fingerprint density at radius 3 is 2.66 bits per heavy atom. The van der Waals surface area contributed by atoms with Crippen LogP contribution in [0.2, 0.25) is 0 Å². The summed E-state index contributed by atoms with van der Waals surface area (Å²) in [4.78, 5) is 29.3. The summed E-state index contributed by atoms with van der Waals surface area (Å²) in [5.41, 5.74) is 0.683. The third-order valence-corrected chi connectivity index (χ3v) is 4.92. The van der Waals surface area contributed by atoms with Gasteiger partial charge in [-0.1, -0.05) is 0 Å². The summed E-state index contributed by atoms with van der Waals surface area (Å²) < 4.78 is 12.5. The average Bonchev–Trinajstić information content (AvgIpc) is 3.46. The fourth-order valence-corrected chi connectivity index (χ4v) is 3.36. The smallest absolute Gasteiger partial charge is 0.321 e. The minimum atomic E-state index is -0.134. The lowest BCUT2D eigenvalue weighted by molar-refractivity contribution is 0.174. The van der Waals surface area contributed by atoms with Gasteiger partial charge in [-0.15, -0.1) is 0 Å². The summed E-state index contributed by atoms with van der Waals surface area (Å²) in [6.45, 7) is 2.78. The third kappa shape index (κ3) is 3.51. The lowest BCUT2D eigenvalue weighted by Gasteiger charge is -2.35. The van der Waals surface area contributed by atoms with Gasteiger partial charge in [0.05, 0.1) is 0 Å². The third-order valence-electron chi connectivity index (χ3n) is 4.92. The average molecular weight is 393 g/mol. The summed E-state index contributed by atoms with van der Waals surface area (Å²) >= 11 is 0. The van der Waals surface area contributed by atoms with E-state index in [1.807, 2.05) is 16.8 Å². The molecule has 3 aromatic rings. The Kier molecular flexibility index (Phi) is 4.35. The maximum absolute atomic E-state index is 12.6. The number of hydrogen-bond donors (Lipinski definition) is 1. The van der Waals surface area contributed by atoms with E-state index in [2.05, 4.69) is 25.2 Å². The molecule has 4 heterocycles. The maximum Gasteiger partial charge on any atom is 0.321 e. The Hall–Kier alpha value is -3.82. The van der Waals surface area contributed by atoms with Gasteiger partial charge < -0.3 is 24.6 Å². The fourth-order valence-electron chi connectivity index (χ4n) is 3.36. The summed E-state index contributed by atoms with van der Waals surface area (Å²) in [5.74, 6) is 2.93. The maximum atomic E-state index is 12.6. The molecule has 0 bridgehead atoms. The molecule has 148 valence electrons. The Labute approximate surface area is 166 Å². The first-order valence-electron chi connectivity index (χ1n) is 9.27. The van der Waals surface area contributed by atoms with Crippen LogP contribution >= 0.6 is 0 Å². The van der Waals surface area contributed by atoms with Crippen molar-refractivity contribution in [3.8, 4) is 17.3 Å². The van der Waals surface area contributed by atoms with E-state index in [1.54, 1.807) is 42.0 Å². The van der Waals surface area contributed by atoms with Crippen LogP contribution in [0.3, 0.4) is 0 Å². The Morgan fingerprint density at radius 2 is 1.83 bits per heavy atom. The van der Waals surface area contributed by atoms with Crippen molar-refractivity contribution in [3.05, 3.63) is 49.3 Å². The molecule has 0 aliphatic carbocycles. The summed E-state index contributed by atoms with van der Waals surface area (Å²) in [5, 5.41) is 2.92. The molecule has 29 heavy (non-hydrogen) atoms. The quantitative estimate of drug-likeness (QED) is 0.724. The van der Waals surface area contributed by atoms with E-state index in [4.69, 9.17) is 9.47 Å². The van der Waals surface area contributed by atoms with Crippen molar-refractivity contribution >= 4 is 17.5 Å². The number of nitrogens with one attached hydrogen (secondary N) is 1. The second kappa shape index (κ2) is 7.30. The van der Waals surface area contributed by atoms with Crippen molar-refractivity contribution in [1.29, 1.82) is 0 Å². The van der Waals surface area contributed by atoms with Gasteiger partial charge in [-0.05, 0) is 12.1 Å². The molecule has 1 saturated heterocycles. The number of piperazine rings is 1. The van der Waals surface area contributed by atoms with Gasteiger partial charge in [-0.2, -0.15) is 0 Å². The number of fused-ring (bicyclic) bond motifs is 1. The number of aromatic nitrogens is 4. The number of anilines is 2. The molecular weight excluding hydrogens is 374 g/mol. The second-order valence-electron chi connectivity index (χ2n) is 6.68. The lowest BCUT2D eigenvalue weighted by atomic mass is 10.2. The predicted octanol–water partition coefficient (Wildman–Crippen LogP) is 1.75. The Balaban J connectivity index is 1.20. The number of rotatable bonds is 3. The van der Waals surface area contributed by atoms with Gasteiger partial charge >= 0.3 is 6.03 Å². The van der Waals surface area contributed by atoms with Crippen molar-refractivity contribution in [1.82, 2.24) is 24.4 Å². The van der Waals surface area contributed by atoms with E-state index < -0.39 is 0 Å². The Morgan fingerprint density at radius 1 is 1.00 bits per heavy atom. The van der Waals surface area contributed by atoms with Gasteiger partial charge in [0.15, 0.2) is 11.5 Å². The van der Waals surface area contributed by atoms with Crippen LogP contribution < -0.4 is 19.7 Å². The van der Waals surface area contributed by atoms with Crippen LogP contribution in [-0.4, -0.2) is 63.4 Å². The zero-order valence-corrected chi connectivity index (χ0v) is 15.6. The van der Waals surface area contributed by atoms with E-state index in [0.717, 1.165) is 11.6 Å². The van der Waals surface area contributed by atoms with Crippen LogP contribution in [-0.2, 0) is 0 Å². The standard InChI is InChI=1S/C19H19N7O3/c27-19(23-14-1-2-15-16(9-14)29-13-28-15)25-7-5-24(6-8-25)17-10-18(22-11-21-17)26-4-3-20-12-26/h1-4,9-12H,5-8,13H2,(H,23,27). The van der Waals surface area contributed by atoms with Gasteiger partial charge in [-0.3, -0.25) is 4.57 Å². The van der Waals surface area contributed by atoms with Crippen LogP contribution in [0.25, 0.3) is 5.82 Å². The molecule has 2 amide bonds. The largest absolute Gasteiger partial charge is 0.454 e. The van der Waals surface area contributed by atoms with Crippen LogP contribution in [0.4, 0.5) is 16.3 Å². The van der Waals surface area contributed by atoms with E-state index in [-0.39, 0.29) is 12.8 Å². The van der Waals surface area contributed by atoms with Crippen LogP contribution in [0.1, 0.15) is 0 Å². The molecule has 0 spiro atoms. The predicted molar refractivity (Wildman–Crippen MR) is 105 cm³/mol. The summed E-state index contributed by atoms with van der Waals surface area (Å²) in [6, 6.07) is 7.16. The van der Waals surface area contributed by atoms with Crippen LogP contribution in [0.5, 0.6) is 11.5 Å². The number of nitrogens with zero attached hydrogens (tertiary/aromatic N) is 6. The fraction of sp³-hybridized carbons (Fsp3) is 0.263. The van der Waals surface area contributed by atoms with E-state index >= 15 is 0 Å². The topological polar surface area (TPSA) is 97.6 Å². The lowest BCUT2D eigenvalue weighted by Crippen LogP contribution is -2.50. The molecule has 0 unspecified atom stereocenters. The number of imidazole rings is 1. The number of hydrogen-bond acceptors (Lipinski definition) is 7. The van der Waals surface area contributed by atoms with Gasteiger partial charge in [0.2, 0.25) is 6.79 Å². The van der Waals surface area contributed by atoms with Gasteiger partial charge in [0.1, 0.15) is 24.3 Å². The normalized spacial score (nSPS) is 15.4. The zero-order chi connectivity index (χ0) is 19.6. The van der Waals surface area contributed by atoms with Crippen molar-refractivity contribution in [2.75, 3.05) is 43.2 Å². The summed E-state index contributed by atoms with van der Waals surface area (Å²) in [6.07, 6.45) is 6.79. The molecular formula is C19H19N7O3. The molecule has 2 aliphatic rings. The van der Waals surface area contributed by atoms with Crippen molar-refractivity contribution < 1.29 is 14.3 Å². The number of urea groups is 1. The van der Waals surface area contributed by atoms with E-state index in [1.165, 1.54) is 0 Å². The van der Waals surface area contributed by atoms with Crippen LogP contribution in [0, 0.1) is 0 Å². The minimum Gasteiger partial charge on any atom is -0.454 e. The summed E-state index contributed by atoms with van der Waals surface area (Å²) in [7, 11) is 0. The molecule has 10 nitrogen and oxygen atoms in total. The van der Waals surface area contributed by atoms with Gasteiger partial charge in [-0.25, -0.2) is 19.7 Å². The monoisotopic (exact) mass is 393 g/mol. The van der Waals surface area contributed by atoms with Crippen LogP contribution in [0.15, 0.2) is 49.3 Å². The number of carbonyl (C=O) groups is 1. The zero-order valence-electron chi connectivity index (χ0n) is 15.6. The van der Waals surface area contributed by atoms with Gasteiger partial charge in [0.25, 0.3) is 0 Å². The van der Waals surface area contributed by atoms with Crippen molar-refractivity contribution in [3.63, 3.8) is 0 Å². The molecule has 1 fully saturated rings. The number of ether oxygens (including phenoxy) is 2. The Bertz CT molecular complexity index is 1020. The SMILES string of the molecule is O=C(Nc1ccc2c(c1)OCO2)N1CCN(c2cc(-n3ccnc3)ncn2)CC1. The van der Waals surface area contributed by atoms with Gasteiger partial charge in [0, 0.05) is 56.4 Å². The number of benzene rings is 1. The molecule has 2 aromatic heterocycles. The highest BCUT2D eigenvalue weighted by Crippen LogP contribution is 2.34. The molecule has 1 aromatic carbocycles. The molecule has 10 heteroatoms. The highest BCUT2D eigenvalue weighted by atomic mass is 16.7. The second-order valence-corrected chi connectivity index (χ2v) is 6.68. The number of carbonyl (C=O) groups excluding carboxylic acids is 1.